The number of H-pyrrole nitrogens is 1. The van der Waals surface area contributed by atoms with Crippen molar-refractivity contribution in [3.63, 3.8) is 0 Å². The van der Waals surface area contributed by atoms with Crippen LogP contribution in [-0.2, 0) is 7.05 Å². The Morgan fingerprint density at radius 3 is 2.73 bits per heavy atom. The minimum Gasteiger partial charge on any atom is -0.343 e. The molecule has 3 aromatic rings. The Kier molecular flexibility index (Phi) is 4.24. The number of aromatic nitrogens is 4. The van der Waals surface area contributed by atoms with Crippen molar-refractivity contribution in [1.29, 1.82) is 0 Å². The molecule has 5 nitrogen and oxygen atoms in total. The van der Waals surface area contributed by atoms with E-state index in [0.29, 0.717) is 5.92 Å². The van der Waals surface area contributed by atoms with E-state index in [-0.39, 0.29) is 0 Å². The summed E-state index contributed by atoms with van der Waals surface area (Å²) in [6.45, 7) is 10.7. The first-order chi connectivity index (χ1) is 12.5. The maximum atomic E-state index is 4.56. The molecule has 3 aromatic heterocycles. The number of nitrogens with zero attached hydrogens (tertiary/aromatic N) is 4. The third kappa shape index (κ3) is 3.10. The number of hydrogen-bond donors (Lipinski definition) is 1. The van der Waals surface area contributed by atoms with Gasteiger partial charge >= 0.3 is 0 Å². The van der Waals surface area contributed by atoms with Gasteiger partial charge in [-0.15, -0.1) is 0 Å². The second kappa shape index (κ2) is 6.57. The highest BCUT2D eigenvalue weighted by molar-refractivity contribution is 5.90. The second-order valence-electron chi connectivity index (χ2n) is 7.33. The quantitative estimate of drug-likeness (QED) is 0.788. The lowest BCUT2D eigenvalue weighted by atomic mass is 9.94. The molecule has 5 heteroatoms. The van der Waals surface area contributed by atoms with Crippen LogP contribution >= 0.6 is 0 Å². The van der Waals surface area contributed by atoms with Crippen molar-refractivity contribution >= 4 is 29.3 Å². The van der Waals surface area contributed by atoms with Gasteiger partial charge in [0.25, 0.3) is 0 Å². The van der Waals surface area contributed by atoms with E-state index in [4.69, 9.17) is 0 Å². The van der Waals surface area contributed by atoms with Gasteiger partial charge in [-0.1, -0.05) is 13.2 Å². The maximum Gasteiger partial charge on any atom is 0.138 e. The van der Waals surface area contributed by atoms with Gasteiger partial charge in [-0.2, -0.15) is 5.10 Å². The van der Waals surface area contributed by atoms with Crippen LogP contribution in [0.15, 0.2) is 31.2 Å². The average Bonchev–Trinajstić information content (AvgIpc) is 3.24. The number of piperidine rings is 1. The van der Waals surface area contributed by atoms with E-state index in [9.17, 15) is 0 Å². The van der Waals surface area contributed by atoms with Gasteiger partial charge in [-0.3, -0.25) is 4.68 Å². The van der Waals surface area contributed by atoms with Crippen molar-refractivity contribution in [3.8, 4) is 0 Å². The molecule has 0 amide bonds. The standard InChI is InChI=1S/C21H25N5/c1-14(17-12-23-26(4)13-17)9-18-15(2)11-22-21-19(18)10-20(24-21)16-5-7-25(3)8-6-16/h9-13,16,24H,1-2,5-8H2,3-4H3/b18-9+. The lowest BCUT2D eigenvalue weighted by Crippen LogP contribution is -2.29. The maximum absolute atomic E-state index is 4.56. The largest absolute Gasteiger partial charge is 0.343 e. The average molecular weight is 347 g/mol. The Bertz CT molecular complexity index is 1060. The number of likely N-dealkylation sites (tertiary alicyclic amines) is 1. The molecule has 4 rings (SSSR count). The van der Waals surface area contributed by atoms with Crippen molar-refractivity contribution in [2.75, 3.05) is 20.1 Å². The highest BCUT2D eigenvalue weighted by Gasteiger charge is 2.20. The monoisotopic (exact) mass is 347 g/mol. The molecule has 134 valence electrons. The van der Waals surface area contributed by atoms with E-state index in [2.05, 4.69) is 52.3 Å². The highest BCUT2D eigenvalue weighted by atomic mass is 15.2. The molecule has 1 aliphatic heterocycles. The molecule has 0 aromatic carbocycles. The lowest BCUT2D eigenvalue weighted by Gasteiger charge is -2.28. The summed E-state index contributed by atoms with van der Waals surface area (Å²) < 4.78 is 1.79. The summed E-state index contributed by atoms with van der Waals surface area (Å²) in [7, 11) is 4.10. The Morgan fingerprint density at radius 2 is 2.04 bits per heavy atom. The van der Waals surface area contributed by atoms with Gasteiger partial charge in [-0.05, 0) is 61.1 Å². The minimum atomic E-state index is 0.572. The molecule has 1 fully saturated rings. The number of nitrogens with one attached hydrogen (secondary N) is 1. The first-order valence-electron chi connectivity index (χ1n) is 9.06. The SMILES string of the molecule is C=C(/C=c1\c(=C)cnc2[nH]c(C3CCN(C)CC3)cc12)c1cnn(C)c1. The van der Waals surface area contributed by atoms with Gasteiger partial charge in [-0.25, -0.2) is 4.98 Å². The van der Waals surface area contributed by atoms with Gasteiger partial charge in [0.1, 0.15) is 5.65 Å². The van der Waals surface area contributed by atoms with Crippen LogP contribution in [0.4, 0.5) is 0 Å². The summed E-state index contributed by atoms with van der Waals surface area (Å²) in [6, 6.07) is 2.26. The number of rotatable bonds is 3. The topological polar surface area (TPSA) is 49.7 Å². The van der Waals surface area contributed by atoms with Gasteiger partial charge in [0.15, 0.2) is 0 Å². The van der Waals surface area contributed by atoms with E-state index in [1.165, 1.54) is 18.5 Å². The highest BCUT2D eigenvalue weighted by Crippen LogP contribution is 2.28. The molecule has 0 bridgehead atoms. The van der Waals surface area contributed by atoms with Crippen molar-refractivity contribution in [2.24, 2.45) is 7.05 Å². The van der Waals surface area contributed by atoms with Gasteiger partial charge < -0.3 is 9.88 Å². The van der Waals surface area contributed by atoms with Gasteiger partial charge in [0.05, 0.1) is 6.20 Å². The molecule has 0 atom stereocenters. The fourth-order valence-corrected chi connectivity index (χ4v) is 3.71. The van der Waals surface area contributed by atoms with Crippen molar-refractivity contribution in [2.45, 2.75) is 18.8 Å². The van der Waals surface area contributed by atoms with Crippen LogP contribution in [-0.4, -0.2) is 44.8 Å². The third-order valence-electron chi connectivity index (χ3n) is 5.36. The van der Waals surface area contributed by atoms with Gasteiger partial charge in [0.2, 0.25) is 0 Å². The normalized spacial score (nSPS) is 17.2. The van der Waals surface area contributed by atoms with E-state index in [0.717, 1.165) is 45.7 Å². The molecule has 0 aliphatic carbocycles. The van der Waals surface area contributed by atoms with Crippen molar-refractivity contribution in [3.05, 3.63) is 52.9 Å². The molecule has 0 radical (unpaired) electrons. The van der Waals surface area contributed by atoms with Crippen LogP contribution in [0.25, 0.3) is 29.3 Å². The summed E-state index contributed by atoms with van der Waals surface area (Å²) in [6.07, 6.45) is 10.1. The Morgan fingerprint density at radius 1 is 1.27 bits per heavy atom. The van der Waals surface area contributed by atoms with Crippen LogP contribution in [0.3, 0.4) is 0 Å². The molecule has 0 saturated carbocycles. The van der Waals surface area contributed by atoms with Crippen LogP contribution in [0, 0.1) is 0 Å². The summed E-state index contributed by atoms with van der Waals surface area (Å²) in [5.74, 6) is 0.572. The molecule has 1 saturated heterocycles. The lowest BCUT2D eigenvalue weighted by molar-refractivity contribution is 0.254. The third-order valence-corrected chi connectivity index (χ3v) is 5.36. The summed E-state index contributed by atoms with van der Waals surface area (Å²) in [4.78, 5) is 10.5. The van der Waals surface area contributed by atoms with E-state index in [1.54, 1.807) is 4.68 Å². The van der Waals surface area contributed by atoms with Crippen LogP contribution < -0.4 is 10.4 Å². The summed E-state index contributed by atoms with van der Waals surface area (Å²) >= 11 is 0. The van der Waals surface area contributed by atoms with Crippen molar-refractivity contribution in [1.82, 2.24) is 24.6 Å². The zero-order valence-corrected chi connectivity index (χ0v) is 15.5. The van der Waals surface area contributed by atoms with E-state index in [1.807, 2.05) is 25.6 Å². The fraction of sp³-hybridized carbons (Fsp3) is 0.333. The first-order valence-corrected chi connectivity index (χ1v) is 9.06. The number of hydrogen-bond acceptors (Lipinski definition) is 3. The second-order valence-corrected chi connectivity index (χ2v) is 7.33. The van der Waals surface area contributed by atoms with E-state index < -0.39 is 0 Å². The minimum absolute atomic E-state index is 0.572. The first kappa shape index (κ1) is 16.8. The molecular weight excluding hydrogens is 322 g/mol. The smallest absolute Gasteiger partial charge is 0.138 e. The Hall–Kier alpha value is -2.66. The zero-order chi connectivity index (χ0) is 18.3. The summed E-state index contributed by atoms with van der Waals surface area (Å²) in [5, 5.41) is 7.35. The molecular formula is C21H25N5. The van der Waals surface area contributed by atoms with Crippen LogP contribution in [0.2, 0.25) is 0 Å². The number of fused-ring (bicyclic) bond motifs is 1. The molecule has 1 N–H and O–H groups in total. The Labute approximate surface area is 153 Å². The number of pyridine rings is 1. The Balaban J connectivity index is 1.77. The fourth-order valence-electron chi connectivity index (χ4n) is 3.71. The van der Waals surface area contributed by atoms with Crippen LogP contribution in [0.5, 0.6) is 0 Å². The molecule has 4 heterocycles. The predicted molar refractivity (Wildman–Crippen MR) is 107 cm³/mol. The zero-order valence-electron chi connectivity index (χ0n) is 15.5. The summed E-state index contributed by atoms with van der Waals surface area (Å²) in [5.41, 5.74) is 4.16. The predicted octanol–water partition coefficient (Wildman–Crippen LogP) is 2.01. The molecule has 0 spiro atoms. The number of allylic oxidation sites excluding steroid dienone is 1. The number of aryl methyl sites for hydroxylation is 1. The van der Waals surface area contributed by atoms with Crippen LogP contribution in [0.1, 0.15) is 30.0 Å². The van der Waals surface area contributed by atoms with E-state index >= 15 is 0 Å². The molecule has 1 aliphatic rings. The molecule has 26 heavy (non-hydrogen) atoms. The van der Waals surface area contributed by atoms with Gasteiger partial charge in [0, 0.05) is 42.0 Å². The number of aromatic amines is 1. The van der Waals surface area contributed by atoms with Crippen molar-refractivity contribution < 1.29 is 0 Å². The molecule has 0 unspecified atom stereocenters.